The predicted molar refractivity (Wildman–Crippen MR) is 78.8 cm³/mol. The number of alkyl halides is 2. The maximum Gasteiger partial charge on any atom is 0.387 e. The van der Waals surface area contributed by atoms with Crippen LogP contribution in [-0.4, -0.2) is 18.3 Å². The van der Waals surface area contributed by atoms with Crippen molar-refractivity contribution in [3.63, 3.8) is 0 Å². The van der Waals surface area contributed by atoms with Gasteiger partial charge in [0.2, 0.25) is 5.91 Å². The molecule has 0 heterocycles. The van der Waals surface area contributed by atoms with Gasteiger partial charge >= 0.3 is 6.61 Å². The number of carbonyl (C=O) groups is 1. The summed E-state index contributed by atoms with van der Waals surface area (Å²) in [6, 6.07) is 11.7. The van der Waals surface area contributed by atoms with E-state index in [1.54, 1.807) is 18.2 Å². The van der Waals surface area contributed by atoms with Crippen LogP contribution in [0.5, 0.6) is 5.75 Å². The van der Waals surface area contributed by atoms with Gasteiger partial charge in [-0.15, -0.1) is 11.8 Å². The van der Waals surface area contributed by atoms with Gasteiger partial charge in [-0.25, -0.2) is 4.39 Å². The summed E-state index contributed by atoms with van der Waals surface area (Å²) in [7, 11) is 0. The average molecular weight is 327 g/mol. The third-order valence-corrected chi connectivity index (χ3v) is 3.61. The first-order valence-corrected chi connectivity index (χ1v) is 7.25. The normalized spacial score (nSPS) is 10.5. The minimum Gasteiger partial charge on any atom is -0.435 e. The summed E-state index contributed by atoms with van der Waals surface area (Å²) >= 11 is 1.08. The lowest BCUT2D eigenvalue weighted by atomic mass is 10.3. The molecule has 0 spiro atoms. The number of hydrogen-bond donors (Lipinski definition) is 1. The molecule has 0 aromatic heterocycles. The third kappa shape index (κ3) is 5.00. The molecule has 7 heteroatoms. The summed E-state index contributed by atoms with van der Waals surface area (Å²) in [5.41, 5.74) is 0.445. The maximum absolute atomic E-state index is 13.4. The molecule has 0 unspecified atom stereocenters. The minimum atomic E-state index is -2.89. The molecular formula is C15H12F3NO2S. The Kier molecular flexibility index (Phi) is 5.71. The molecule has 1 N–H and O–H groups in total. The fourth-order valence-electron chi connectivity index (χ4n) is 1.62. The molecule has 2 rings (SSSR count). The highest BCUT2D eigenvalue weighted by atomic mass is 32.2. The number of ether oxygens (including phenoxy) is 1. The minimum absolute atomic E-state index is 0.00808. The van der Waals surface area contributed by atoms with Crippen LogP contribution in [0.25, 0.3) is 0 Å². The van der Waals surface area contributed by atoms with Crippen LogP contribution in [0.4, 0.5) is 18.9 Å². The van der Waals surface area contributed by atoms with Crippen LogP contribution in [0.1, 0.15) is 0 Å². The molecule has 0 radical (unpaired) electrons. The molecule has 3 nitrogen and oxygen atoms in total. The summed E-state index contributed by atoms with van der Waals surface area (Å²) in [5.74, 6) is -0.658. The average Bonchev–Trinajstić information content (AvgIpc) is 2.48. The zero-order chi connectivity index (χ0) is 15.9. The van der Waals surface area contributed by atoms with E-state index in [1.807, 2.05) is 0 Å². The van der Waals surface area contributed by atoms with E-state index in [0.717, 1.165) is 11.8 Å². The molecule has 2 aromatic carbocycles. The molecular weight excluding hydrogens is 315 g/mol. The second kappa shape index (κ2) is 7.74. The summed E-state index contributed by atoms with van der Waals surface area (Å²) in [5, 5.41) is 2.59. The molecule has 0 aliphatic carbocycles. The first kappa shape index (κ1) is 16.2. The van der Waals surface area contributed by atoms with Crippen LogP contribution in [0, 0.1) is 5.82 Å². The third-order valence-electron chi connectivity index (χ3n) is 2.56. The Morgan fingerprint density at radius 3 is 2.45 bits per heavy atom. The van der Waals surface area contributed by atoms with Gasteiger partial charge in [0.25, 0.3) is 0 Å². The Hall–Kier alpha value is -2.15. The quantitative estimate of drug-likeness (QED) is 0.810. The molecule has 0 atom stereocenters. The van der Waals surface area contributed by atoms with Crippen molar-refractivity contribution >= 4 is 23.4 Å². The number of amides is 1. The smallest absolute Gasteiger partial charge is 0.387 e. The Labute approximate surface area is 129 Å². The van der Waals surface area contributed by atoms with Crippen molar-refractivity contribution in [1.82, 2.24) is 0 Å². The Morgan fingerprint density at radius 2 is 1.82 bits per heavy atom. The number of nitrogens with one attached hydrogen (secondary N) is 1. The highest BCUT2D eigenvalue weighted by Gasteiger charge is 2.08. The Bertz CT molecular complexity index is 635. The lowest BCUT2D eigenvalue weighted by molar-refractivity contribution is -0.113. The van der Waals surface area contributed by atoms with Gasteiger partial charge in [-0.05, 0) is 36.4 Å². The van der Waals surface area contributed by atoms with Crippen molar-refractivity contribution in [2.75, 3.05) is 11.1 Å². The Morgan fingerprint density at radius 1 is 1.14 bits per heavy atom. The van der Waals surface area contributed by atoms with Crippen molar-refractivity contribution in [2.24, 2.45) is 0 Å². The van der Waals surface area contributed by atoms with Gasteiger partial charge < -0.3 is 10.1 Å². The SMILES string of the molecule is O=C(CSc1ccccc1F)Nc1ccc(OC(F)F)cc1. The van der Waals surface area contributed by atoms with Crippen molar-refractivity contribution in [2.45, 2.75) is 11.5 Å². The van der Waals surface area contributed by atoms with Crippen LogP contribution in [0.15, 0.2) is 53.4 Å². The van der Waals surface area contributed by atoms with Crippen LogP contribution in [-0.2, 0) is 4.79 Å². The van der Waals surface area contributed by atoms with Crippen LogP contribution < -0.4 is 10.1 Å². The number of rotatable bonds is 6. The largest absolute Gasteiger partial charge is 0.435 e. The summed E-state index contributed by atoms with van der Waals surface area (Å²) in [4.78, 5) is 12.1. The van der Waals surface area contributed by atoms with Crippen molar-refractivity contribution in [3.05, 3.63) is 54.3 Å². The molecule has 0 saturated heterocycles. The first-order valence-electron chi connectivity index (χ1n) is 6.26. The van der Waals surface area contributed by atoms with E-state index in [0.29, 0.717) is 10.6 Å². The lowest BCUT2D eigenvalue weighted by Crippen LogP contribution is -2.14. The molecule has 0 aliphatic heterocycles. The van der Waals surface area contributed by atoms with Gasteiger partial charge in [0.1, 0.15) is 11.6 Å². The second-order valence-corrected chi connectivity index (χ2v) is 5.19. The summed E-state index contributed by atoms with van der Waals surface area (Å²) in [6.45, 7) is -2.89. The van der Waals surface area contributed by atoms with Crippen LogP contribution >= 0.6 is 11.8 Å². The van der Waals surface area contributed by atoms with Gasteiger partial charge in [0, 0.05) is 10.6 Å². The summed E-state index contributed by atoms with van der Waals surface area (Å²) in [6.07, 6.45) is 0. The molecule has 22 heavy (non-hydrogen) atoms. The van der Waals surface area contributed by atoms with E-state index in [4.69, 9.17) is 0 Å². The van der Waals surface area contributed by atoms with Crippen LogP contribution in [0.2, 0.25) is 0 Å². The van der Waals surface area contributed by atoms with Gasteiger partial charge in [0.15, 0.2) is 0 Å². The molecule has 0 saturated carbocycles. The van der Waals surface area contributed by atoms with Gasteiger partial charge in [0.05, 0.1) is 5.75 Å². The monoisotopic (exact) mass is 327 g/mol. The molecule has 116 valence electrons. The lowest BCUT2D eigenvalue weighted by Gasteiger charge is -2.07. The van der Waals surface area contributed by atoms with E-state index in [9.17, 15) is 18.0 Å². The van der Waals surface area contributed by atoms with E-state index in [1.165, 1.54) is 30.3 Å². The fourth-order valence-corrected chi connectivity index (χ4v) is 2.36. The van der Waals surface area contributed by atoms with Crippen molar-refractivity contribution in [1.29, 1.82) is 0 Å². The van der Waals surface area contributed by atoms with E-state index in [-0.39, 0.29) is 23.2 Å². The molecule has 0 fully saturated rings. The number of halogens is 3. The zero-order valence-electron chi connectivity index (χ0n) is 11.3. The van der Waals surface area contributed by atoms with Crippen molar-refractivity contribution in [3.8, 4) is 5.75 Å². The highest BCUT2D eigenvalue weighted by Crippen LogP contribution is 2.22. The molecule has 2 aromatic rings. The fraction of sp³-hybridized carbons (Fsp3) is 0.133. The van der Waals surface area contributed by atoms with Gasteiger partial charge in [-0.1, -0.05) is 12.1 Å². The van der Waals surface area contributed by atoms with Gasteiger partial charge in [-0.2, -0.15) is 8.78 Å². The predicted octanol–water partition coefficient (Wildman–Crippen LogP) is 4.16. The molecule has 1 amide bonds. The van der Waals surface area contributed by atoms with Crippen LogP contribution in [0.3, 0.4) is 0 Å². The number of carbonyl (C=O) groups excluding carboxylic acids is 1. The first-order chi connectivity index (χ1) is 10.5. The number of benzene rings is 2. The molecule has 0 bridgehead atoms. The maximum atomic E-state index is 13.4. The topological polar surface area (TPSA) is 38.3 Å². The number of anilines is 1. The number of hydrogen-bond acceptors (Lipinski definition) is 3. The number of thioether (sulfide) groups is 1. The zero-order valence-corrected chi connectivity index (χ0v) is 12.1. The second-order valence-electron chi connectivity index (χ2n) is 4.17. The van der Waals surface area contributed by atoms with E-state index >= 15 is 0 Å². The highest BCUT2D eigenvalue weighted by molar-refractivity contribution is 8.00. The van der Waals surface area contributed by atoms with Crippen molar-refractivity contribution < 1.29 is 22.7 Å². The standard InChI is InChI=1S/C15H12F3NO2S/c16-12-3-1-2-4-13(12)22-9-14(20)19-10-5-7-11(8-6-10)21-15(17)18/h1-8,15H,9H2,(H,19,20). The van der Waals surface area contributed by atoms with Gasteiger partial charge in [-0.3, -0.25) is 4.79 Å². The molecule has 0 aliphatic rings. The van der Waals surface area contributed by atoms with E-state index < -0.39 is 6.61 Å². The van der Waals surface area contributed by atoms with E-state index in [2.05, 4.69) is 10.1 Å². The Balaban J connectivity index is 1.85. The summed E-state index contributed by atoms with van der Waals surface area (Å²) < 4.78 is 41.6.